The fourth-order valence-corrected chi connectivity index (χ4v) is 1.97. The molecule has 0 radical (unpaired) electrons. The van der Waals surface area contributed by atoms with Crippen LogP contribution in [0.4, 0.5) is 11.5 Å². The summed E-state index contributed by atoms with van der Waals surface area (Å²) in [6, 6.07) is -0.146. The molecule has 2 rings (SSSR count). The summed E-state index contributed by atoms with van der Waals surface area (Å²) in [7, 11) is 0. The Morgan fingerprint density at radius 3 is 2.84 bits per heavy atom. The van der Waals surface area contributed by atoms with Gasteiger partial charge < -0.3 is 5.32 Å². The van der Waals surface area contributed by atoms with Crippen molar-refractivity contribution in [2.24, 2.45) is 0 Å². The van der Waals surface area contributed by atoms with E-state index >= 15 is 0 Å². The lowest BCUT2D eigenvalue weighted by molar-refractivity contribution is -0.385. The number of anilines is 1. The zero-order chi connectivity index (χ0) is 14.0. The van der Waals surface area contributed by atoms with Gasteiger partial charge in [0.25, 0.3) is 5.69 Å². The Labute approximate surface area is 116 Å². The Balaban J connectivity index is 2.27. The smallest absolute Gasteiger partial charge is 0.291 e. The molecule has 0 saturated carbocycles. The molecule has 0 aliphatic carbocycles. The summed E-state index contributed by atoms with van der Waals surface area (Å²) >= 11 is 3.32. The molecule has 0 amide bonds. The van der Waals surface area contributed by atoms with Crippen molar-refractivity contribution in [2.75, 3.05) is 5.32 Å². The standard InChI is InChI=1S/C10H11BrN6O2/c1-5-7(17(18)19)3-12-10(8(5)11)15-6(2)9-13-4-14-16-9/h3-4,6H,1-2H3,(H,12,15)(H,13,14,16). The maximum absolute atomic E-state index is 10.8. The number of halogens is 1. The first-order chi connectivity index (χ1) is 9.00. The molecule has 9 heteroatoms. The third-order valence-corrected chi connectivity index (χ3v) is 3.60. The number of nitro groups is 1. The third-order valence-electron chi connectivity index (χ3n) is 2.63. The topological polar surface area (TPSA) is 110 Å². The molecule has 0 saturated heterocycles. The van der Waals surface area contributed by atoms with Crippen molar-refractivity contribution in [3.63, 3.8) is 0 Å². The quantitative estimate of drug-likeness (QED) is 0.659. The van der Waals surface area contributed by atoms with Gasteiger partial charge in [-0.3, -0.25) is 15.2 Å². The van der Waals surface area contributed by atoms with Crippen LogP contribution in [0.1, 0.15) is 24.4 Å². The van der Waals surface area contributed by atoms with Crippen molar-refractivity contribution in [3.05, 3.63) is 38.5 Å². The minimum absolute atomic E-state index is 0.0234. The average Bonchev–Trinajstić information content (AvgIpc) is 2.88. The Bertz CT molecular complexity index is 600. The van der Waals surface area contributed by atoms with Crippen molar-refractivity contribution in [3.8, 4) is 0 Å². The van der Waals surface area contributed by atoms with Crippen LogP contribution in [0.5, 0.6) is 0 Å². The Morgan fingerprint density at radius 2 is 2.26 bits per heavy atom. The molecule has 0 bridgehead atoms. The molecule has 0 aliphatic heterocycles. The summed E-state index contributed by atoms with van der Waals surface area (Å²) in [5.41, 5.74) is 0.497. The van der Waals surface area contributed by atoms with Crippen LogP contribution in [0.25, 0.3) is 0 Å². The highest BCUT2D eigenvalue weighted by Gasteiger charge is 2.19. The van der Waals surface area contributed by atoms with E-state index in [4.69, 9.17) is 0 Å². The average molecular weight is 327 g/mol. The maximum Gasteiger partial charge on any atom is 0.291 e. The van der Waals surface area contributed by atoms with E-state index in [-0.39, 0.29) is 11.7 Å². The van der Waals surface area contributed by atoms with Crippen LogP contribution in [0.3, 0.4) is 0 Å². The van der Waals surface area contributed by atoms with Gasteiger partial charge in [0.1, 0.15) is 24.2 Å². The van der Waals surface area contributed by atoms with Gasteiger partial charge in [0.2, 0.25) is 0 Å². The second kappa shape index (κ2) is 5.31. The third kappa shape index (κ3) is 2.70. The monoisotopic (exact) mass is 326 g/mol. The first kappa shape index (κ1) is 13.4. The predicted molar refractivity (Wildman–Crippen MR) is 71.7 cm³/mol. The molecular weight excluding hydrogens is 316 g/mol. The van der Waals surface area contributed by atoms with Crippen molar-refractivity contribution >= 4 is 27.4 Å². The minimum atomic E-state index is -0.462. The molecule has 2 N–H and O–H groups in total. The maximum atomic E-state index is 10.8. The van der Waals surface area contributed by atoms with E-state index in [1.165, 1.54) is 12.5 Å². The van der Waals surface area contributed by atoms with Gasteiger partial charge in [0.05, 0.1) is 15.4 Å². The second-order valence-electron chi connectivity index (χ2n) is 3.92. The Morgan fingerprint density at radius 1 is 1.53 bits per heavy atom. The molecule has 1 unspecified atom stereocenters. The highest BCUT2D eigenvalue weighted by atomic mass is 79.9. The lowest BCUT2D eigenvalue weighted by Crippen LogP contribution is -2.11. The molecule has 2 aromatic heterocycles. The zero-order valence-corrected chi connectivity index (χ0v) is 11.8. The molecule has 0 aliphatic rings. The highest BCUT2D eigenvalue weighted by Crippen LogP contribution is 2.31. The largest absolute Gasteiger partial charge is 0.359 e. The van der Waals surface area contributed by atoms with E-state index in [9.17, 15) is 10.1 Å². The summed E-state index contributed by atoms with van der Waals surface area (Å²) in [5.74, 6) is 1.18. The molecule has 19 heavy (non-hydrogen) atoms. The fraction of sp³-hybridized carbons (Fsp3) is 0.300. The van der Waals surface area contributed by atoms with Crippen LogP contribution in [0.15, 0.2) is 17.0 Å². The van der Waals surface area contributed by atoms with E-state index in [1.54, 1.807) is 6.92 Å². The van der Waals surface area contributed by atoms with Crippen LogP contribution in [-0.4, -0.2) is 25.1 Å². The first-order valence-corrected chi connectivity index (χ1v) is 6.21. The normalized spacial score (nSPS) is 12.2. The van der Waals surface area contributed by atoms with E-state index in [0.29, 0.717) is 21.7 Å². The van der Waals surface area contributed by atoms with E-state index in [2.05, 4.69) is 41.4 Å². The molecule has 8 nitrogen and oxygen atoms in total. The molecule has 2 aromatic rings. The van der Waals surface area contributed by atoms with E-state index < -0.39 is 4.92 Å². The van der Waals surface area contributed by atoms with Gasteiger partial charge in [0, 0.05) is 5.56 Å². The van der Waals surface area contributed by atoms with Crippen molar-refractivity contribution in [2.45, 2.75) is 19.9 Å². The van der Waals surface area contributed by atoms with Crippen molar-refractivity contribution in [1.82, 2.24) is 20.2 Å². The predicted octanol–water partition coefficient (Wildman–Crippen LogP) is 2.35. The van der Waals surface area contributed by atoms with Crippen molar-refractivity contribution in [1.29, 1.82) is 0 Å². The SMILES string of the molecule is Cc1c([N+](=O)[O-])cnc(NC(C)c2ncn[nH]2)c1Br. The minimum Gasteiger partial charge on any atom is -0.359 e. The molecule has 100 valence electrons. The van der Waals surface area contributed by atoms with Gasteiger partial charge >= 0.3 is 0 Å². The summed E-state index contributed by atoms with van der Waals surface area (Å²) in [4.78, 5) is 18.4. The number of nitrogens with zero attached hydrogens (tertiary/aromatic N) is 4. The van der Waals surface area contributed by atoms with Gasteiger partial charge in [0.15, 0.2) is 0 Å². The van der Waals surface area contributed by atoms with Crippen LogP contribution in [0, 0.1) is 17.0 Å². The number of aromatic nitrogens is 4. The number of nitrogens with one attached hydrogen (secondary N) is 2. The van der Waals surface area contributed by atoms with Crippen LogP contribution >= 0.6 is 15.9 Å². The molecule has 1 atom stereocenters. The van der Waals surface area contributed by atoms with E-state index in [1.807, 2.05) is 6.92 Å². The van der Waals surface area contributed by atoms with Crippen LogP contribution in [0.2, 0.25) is 0 Å². The first-order valence-electron chi connectivity index (χ1n) is 5.42. The second-order valence-corrected chi connectivity index (χ2v) is 4.72. The lowest BCUT2D eigenvalue weighted by atomic mass is 10.2. The lowest BCUT2D eigenvalue weighted by Gasteiger charge is -2.13. The van der Waals surface area contributed by atoms with Gasteiger partial charge in [-0.25, -0.2) is 9.97 Å². The Kier molecular flexibility index (Phi) is 3.74. The van der Waals surface area contributed by atoms with E-state index in [0.717, 1.165) is 0 Å². The molecule has 0 spiro atoms. The van der Waals surface area contributed by atoms with Gasteiger partial charge in [-0.15, -0.1) is 0 Å². The summed E-state index contributed by atoms with van der Waals surface area (Å²) in [6.07, 6.45) is 2.65. The van der Waals surface area contributed by atoms with Crippen molar-refractivity contribution < 1.29 is 4.92 Å². The van der Waals surface area contributed by atoms with Gasteiger partial charge in [-0.1, -0.05) is 0 Å². The molecule has 0 fully saturated rings. The summed E-state index contributed by atoms with van der Waals surface area (Å²) < 4.78 is 0.563. The highest BCUT2D eigenvalue weighted by molar-refractivity contribution is 9.10. The Hall–Kier alpha value is -2.03. The number of hydrogen-bond donors (Lipinski definition) is 2. The number of hydrogen-bond acceptors (Lipinski definition) is 6. The molecular formula is C10H11BrN6O2. The van der Waals surface area contributed by atoms with Gasteiger partial charge in [-0.05, 0) is 29.8 Å². The molecule has 2 heterocycles. The summed E-state index contributed by atoms with van der Waals surface area (Å²) in [6.45, 7) is 3.54. The zero-order valence-electron chi connectivity index (χ0n) is 10.2. The van der Waals surface area contributed by atoms with Crippen LogP contribution < -0.4 is 5.32 Å². The fourth-order valence-electron chi connectivity index (χ4n) is 1.55. The number of rotatable bonds is 4. The number of pyridine rings is 1. The van der Waals surface area contributed by atoms with Gasteiger partial charge in [-0.2, -0.15) is 5.10 Å². The number of H-pyrrole nitrogens is 1. The summed E-state index contributed by atoms with van der Waals surface area (Å²) in [5, 5.41) is 20.4. The van der Waals surface area contributed by atoms with Crippen LogP contribution in [-0.2, 0) is 0 Å². The number of aromatic amines is 1. The molecule has 0 aromatic carbocycles.